The first-order chi connectivity index (χ1) is 8.40. The Morgan fingerprint density at radius 3 is 2.21 bits per heavy atom. The molecule has 0 aliphatic heterocycles. The number of nitrogens with zero attached hydrogens (tertiary/aromatic N) is 1. The number of nitrogens with two attached hydrogens (primary N) is 1. The number of amides is 1. The van der Waals surface area contributed by atoms with Crippen LogP contribution < -0.4 is 11.1 Å². The summed E-state index contributed by atoms with van der Waals surface area (Å²) in [5, 5.41) is 2.92. The zero-order valence-electron chi connectivity index (χ0n) is 12.8. The zero-order chi connectivity index (χ0) is 14.1. The normalized spacial score (nSPS) is 12.7. The number of rotatable bonds is 9. The molecule has 3 N–H and O–H groups in total. The van der Waals surface area contributed by atoms with Gasteiger partial charge in [0.25, 0.3) is 0 Å². The molecule has 0 aromatic rings. The maximum atomic E-state index is 11.7. The first-order valence-corrected chi connectivity index (χ1v) is 8.07. The summed E-state index contributed by atoms with van der Waals surface area (Å²) in [6.45, 7) is 10.2. The molecular formula is C13H30ClN3OS. The van der Waals surface area contributed by atoms with Crippen molar-refractivity contribution in [3.63, 3.8) is 0 Å². The van der Waals surface area contributed by atoms with Gasteiger partial charge in [0.05, 0.1) is 6.04 Å². The largest absolute Gasteiger partial charge is 0.353 e. The average molecular weight is 312 g/mol. The first-order valence-electron chi connectivity index (χ1n) is 6.68. The number of hydrogen-bond donors (Lipinski definition) is 2. The summed E-state index contributed by atoms with van der Waals surface area (Å²) in [7, 11) is 0. The van der Waals surface area contributed by atoms with E-state index >= 15 is 0 Å². The number of halogens is 1. The quantitative estimate of drug-likeness (QED) is 0.681. The minimum Gasteiger partial charge on any atom is -0.353 e. The molecule has 0 rings (SSSR count). The van der Waals surface area contributed by atoms with E-state index in [1.54, 1.807) is 11.8 Å². The van der Waals surface area contributed by atoms with E-state index in [1.165, 1.54) is 0 Å². The summed E-state index contributed by atoms with van der Waals surface area (Å²) in [4.78, 5) is 14.1. The van der Waals surface area contributed by atoms with E-state index in [0.717, 1.165) is 18.7 Å². The topological polar surface area (TPSA) is 58.4 Å². The lowest BCUT2D eigenvalue weighted by Crippen LogP contribution is -2.46. The van der Waals surface area contributed by atoms with Crippen LogP contribution in [0.5, 0.6) is 0 Å². The van der Waals surface area contributed by atoms with Crippen LogP contribution in [-0.2, 0) is 4.79 Å². The molecular weight excluding hydrogens is 282 g/mol. The van der Waals surface area contributed by atoms with Crippen LogP contribution in [0.3, 0.4) is 0 Å². The van der Waals surface area contributed by atoms with Crippen molar-refractivity contribution in [3.05, 3.63) is 0 Å². The second-order valence-electron chi connectivity index (χ2n) is 5.10. The minimum atomic E-state index is -0.371. The van der Waals surface area contributed by atoms with Crippen LogP contribution in [0.1, 0.15) is 34.1 Å². The second kappa shape index (κ2) is 11.8. The van der Waals surface area contributed by atoms with Gasteiger partial charge in [0.2, 0.25) is 5.91 Å². The van der Waals surface area contributed by atoms with Gasteiger partial charge in [-0.25, -0.2) is 0 Å². The van der Waals surface area contributed by atoms with Gasteiger partial charge in [-0.2, -0.15) is 11.8 Å². The Bertz CT molecular complexity index is 232. The van der Waals surface area contributed by atoms with Gasteiger partial charge in [-0.15, -0.1) is 12.4 Å². The molecule has 6 heteroatoms. The van der Waals surface area contributed by atoms with Crippen molar-refractivity contribution < 1.29 is 4.79 Å². The van der Waals surface area contributed by atoms with Crippen LogP contribution in [0.4, 0.5) is 0 Å². The van der Waals surface area contributed by atoms with Gasteiger partial charge in [-0.3, -0.25) is 9.69 Å². The van der Waals surface area contributed by atoms with Gasteiger partial charge in [-0.05, 0) is 46.1 Å². The maximum Gasteiger partial charge on any atom is 0.236 e. The summed E-state index contributed by atoms with van der Waals surface area (Å²) in [6, 6.07) is 0.614. The summed E-state index contributed by atoms with van der Waals surface area (Å²) < 4.78 is 0. The van der Waals surface area contributed by atoms with E-state index in [1.807, 2.05) is 6.26 Å². The molecule has 0 radical (unpaired) electrons. The predicted molar refractivity (Wildman–Crippen MR) is 88.2 cm³/mol. The Hall–Kier alpha value is 0.0300. The number of carbonyl (C=O) groups excluding carboxylic acids is 1. The number of thioether (sulfide) groups is 1. The van der Waals surface area contributed by atoms with Crippen LogP contribution in [-0.4, -0.2) is 54.0 Å². The van der Waals surface area contributed by atoms with Gasteiger partial charge < -0.3 is 11.1 Å². The Balaban J connectivity index is 0. The monoisotopic (exact) mass is 311 g/mol. The van der Waals surface area contributed by atoms with Crippen molar-refractivity contribution >= 4 is 30.1 Å². The van der Waals surface area contributed by atoms with Crippen LogP contribution >= 0.6 is 24.2 Å². The molecule has 0 unspecified atom stereocenters. The van der Waals surface area contributed by atoms with E-state index in [-0.39, 0.29) is 24.4 Å². The molecule has 0 aliphatic rings. The lowest BCUT2D eigenvalue weighted by atomic mass is 10.2. The van der Waals surface area contributed by atoms with Gasteiger partial charge >= 0.3 is 0 Å². The number of hydrogen-bond acceptors (Lipinski definition) is 4. The molecule has 0 heterocycles. The van der Waals surface area contributed by atoms with Crippen molar-refractivity contribution in [2.75, 3.05) is 25.1 Å². The molecule has 0 aromatic heterocycles. The van der Waals surface area contributed by atoms with Crippen molar-refractivity contribution in [1.82, 2.24) is 10.2 Å². The van der Waals surface area contributed by atoms with Crippen molar-refractivity contribution in [3.8, 4) is 0 Å². The molecule has 0 aliphatic carbocycles. The summed E-state index contributed by atoms with van der Waals surface area (Å²) in [6.07, 6.45) is 2.76. The summed E-state index contributed by atoms with van der Waals surface area (Å²) >= 11 is 1.72. The Morgan fingerprint density at radius 2 is 1.79 bits per heavy atom. The molecule has 0 saturated heterocycles. The fourth-order valence-corrected chi connectivity index (χ4v) is 2.42. The highest BCUT2D eigenvalue weighted by molar-refractivity contribution is 7.98. The van der Waals surface area contributed by atoms with Crippen molar-refractivity contribution in [1.29, 1.82) is 0 Å². The molecule has 0 aromatic carbocycles. The fraction of sp³-hybridized carbons (Fsp3) is 0.923. The zero-order valence-corrected chi connectivity index (χ0v) is 14.4. The van der Waals surface area contributed by atoms with Crippen LogP contribution in [0, 0.1) is 0 Å². The second-order valence-corrected chi connectivity index (χ2v) is 6.09. The predicted octanol–water partition coefficient (Wildman–Crippen LogP) is 1.72. The van der Waals surface area contributed by atoms with Gasteiger partial charge in [-0.1, -0.05) is 0 Å². The number of nitrogens with one attached hydrogen (secondary N) is 1. The van der Waals surface area contributed by atoms with E-state index < -0.39 is 0 Å². The number of carbonyl (C=O) groups is 1. The first kappa shape index (κ1) is 21.3. The average Bonchev–Trinajstić information content (AvgIpc) is 2.30. The maximum absolute atomic E-state index is 11.7. The van der Waals surface area contributed by atoms with Gasteiger partial charge in [0.15, 0.2) is 0 Å². The highest BCUT2D eigenvalue weighted by Crippen LogP contribution is 2.03. The molecule has 0 saturated carbocycles. The molecule has 19 heavy (non-hydrogen) atoms. The molecule has 1 amide bonds. The fourth-order valence-electron chi connectivity index (χ4n) is 1.93. The van der Waals surface area contributed by atoms with E-state index in [2.05, 4.69) is 37.9 Å². The van der Waals surface area contributed by atoms with Gasteiger partial charge in [0.1, 0.15) is 0 Å². The van der Waals surface area contributed by atoms with Crippen molar-refractivity contribution in [2.24, 2.45) is 5.73 Å². The van der Waals surface area contributed by atoms with Crippen LogP contribution in [0.15, 0.2) is 0 Å². The lowest BCUT2D eigenvalue weighted by molar-refractivity contribution is -0.122. The SMILES string of the molecule is CSCC[C@H](N)C(=O)NCCN(C(C)C)C(C)C.Cl. The molecule has 4 nitrogen and oxygen atoms in total. The van der Waals surface area contributed by atoms with E-state index in [4.69, 9.17) is 5.73 Å². The Morgan fingerprint density at radius 1 is 1.26 bits per heavy atom. The lowest BCUT2D eigenvalue weighted by Gasteiger charge is -2.30. The third kappa shape index (κ3) is 9.55. The molecule has 1 atom stereocenters. The van der Waals surface area contributed by atoms with Crippen LogP contribution in [0.2, 0.25) is 0 Å². The van der Waals surface area contributed by atoms with E-state index in [9.17, 15) is 4.79 Å². The highest BCUT2D eigenvalue weighted by Gasteiger charge is 2.15. The molecule has 0 fully saturated rings. The van der Waals surface area contributed by atoms with Crippen molar-refractivity contribution in [2.45, 2.75) is 52.2 Å². The molecule has 116 valence electrons. The van der Waals surface area contributed by atoms with E-state index in [0.29, 0.717) is 18.6 Å². The third-order valence-electron chi connectivity index (χ3n) is 2.97. The standard InChI is InChI=1S/C13H29N3OS.ClH/c1-10(2)16(11(3)4)8-7-15-13(17)12(14)6-9-18-5;/h10-12H,6-9,14H2,1-5H3,(H,15,17);1H/t12-;/m0./s1. The summed E-state index contributed by atoms with van der Waals surface area (Å²) in [5.41, 5.74) is 5.80. The summed E-state index contributed by atoms with van der Waals surface area (Å²) in [5.74, 6) is 0.898. The highest BCUT2D eigenvalue weighted by atomic mass is 35.5. The molecule has 0 bridgehead atoms. The minimum absolute atomic E-state index is 0. The Kier molecular flexibility index (Phi) is 13.3. The third-order valence-corrected chi connectivity index (χ3v) is 3.61. The smallest absolute Gasteiger partial charge is 0.236 e. The van der Waals surface area contributed by atoms with Crippen LogP contribution in [0.25, 0.3) is 0 Å². The molecule has 0 spiro atoms. The Labute approximate surface area is 128 Å². The van der Waals surface area contributed by atoms with Gasteiger partial charge in [0, 0.05) is 25.2 Å².